The first-order valence-electron chi connectivity index (χ1n) is 6.80. The first-order chi connectivity index (χ1) is 9.19. The monoisotopic (exact) mass is 287 g/mol. The Kier molecular flexibility index (Phi) is 7.97. The summed E-state index contributed by atoms with van der Waals surface area (Å²) in [5, 5.41) is 3.01. The third kappa shape index (κ3) is 5.86. The minimum atomic E-state index is -0.0226. The maximum Gasteiger partial charge on any atom is 0.185 e. The summed E-state index contributed by atoms with van der Waals surface area (Å²) in [4.78, 5) is 6.77. The van der Waals surface area contributed by atoms with Gasteiger partial charge in [0.25, 0.3) is 0 Å². The second-order valence-corrected chi connectivity index (χ2v) is 5.06. The molecule has 0 saturated heterocycles. The van der Waals surface area contributed by atoms with Gasteiger partial charge >= 0.3 is 0 Å². The quantitative estimate of drug-likeness (QED) is 0.667. The molecule has 0 aliphatic carbocycles. The molecule has 0 amide bonds. The molecular weight excluding hydrogens is 262 g/mol. The van der Waals surface area contributed by atoms with E-state index in [0.717, 1.165) is 37.1 Å². The highest BCUT2D eigenvalue weighted by atomic mass is 32.1. The number of anilines is 1. The van der Waals surface area contributed by atoms with E-state index in [0.29, 0.717) is 13.2 Å². The van der Waals surface area contributed by atoms with Gasteiger partial charge < -0.3 is 20.1 Å². The number of nitrogens with two attached hydrogens (primary N) is 1. The highest BCUT2D eigenvalue weighted by Crippen LogP contribution is 2.23. The van der Waals surface area contributed by atoms with E-state index in [1.807, 2.05) is 26.2 Å². The van der Waals surface area contributed by atoms with Crippen LogP contribution in [0.25, 0.3) is 0 Å². The molecule has 1 aromatic heterocycles. The normalized spacial score (nSPS) is 12.6. The Bertz CT molecular complexity index is 334. The molecule has 0 aliphatic heterocycles. The number of hydrogen-bond donors (Lipinski definition) is 1. The van der Waals surface area contributed by atoms with Crippen molar-refractivity contribution in [3.05, 3.63) is 11.1 Å². The van der Waals surface area contributed by atoms with E-state index in [4.69, 9.17) is 15.2 Å². The van der Waals surface area contributed by atoms with Crippen LogP contribution in [0.4, 0.5) is 5.13 Å². The van der Waals surface area contributed by atoms with E-state index >= 15 is 0 Å². The Balaban J connectivity index is 2.58. The molecule has 1 atom stereocenters. The Hall–Kier alpha value is -0.690. The summed E-state index contributed by atoms with van der Waals surface area (Å²) in [6.07, 6.45) is 0. The van der Waals surface area contributed by atoms with E-state index in [2.05, 4.69) is 9.88 Å². The van der Waals surface area contributed by atoms with Crippen molar-refractivity contribution in [3.63, 3.8) is 0 Å². The second kappa shape index (κ2) is 9.25. The van der Waals surface area contributed by atoms with Crippen LogP contribution in [0.1, 0.15) is 32.5 Å². The van der Waals surface area contributed by atoms with Gasteiger partial charge in [-0.2, -0.15) is 0 Å². The summed E-state index contributed by atoms with van der Waals surface area (Å²) < 4.78 is 10.8. The highest BCUT2D eigenvalue weighted by molar-refractivity contribution is 7.13. The standard InChI is InChI=1S/C13H25N3O2S/c1-4-17-8-6-16(7-9-18-5-2)13-15-12(10-19-13)11(3)14/h10-11H,4-9,14H2,1-3H3. The van der Waals surface area contributed by atoms with Crippen LogP contribution < -0.4 is 10.6 Å². The van der Waals surface area contributed by atoms with Gasteiger partial charge in [0.15, 0.2) is 5.13 Å². The zero-order valence-corrected chi connectivity index (χ0v) is 12.9. The zero-order chi connectivity index (χ0) is 14.1. The molecule has 0 radical (unpaired) electrons. The van der Waals surface area contributed by atoms with Gasteiger partial charge in [-0.1, -0.05) is 0 Å². The number of nitrogens with zero attached hydrogens (tertiary/aromatic N) is 2. The third-order valence-corrected chi connectivity index (χ3v) is 3.59. The maximum atomic E-state index is 5.85. The van der Waals surface area contributed by atoms with Crippen LogP contribution in [0.5, 0.6) is 0 Å². The molecular formula is C13H25N3O2S. The lowest BCUT2D eigenvalue weighted by atomic mass is 10.3. The predicted octanol–water partition coefficient (Wildman–Crippen LogP) is 2.04. The van der Waals surface area contributed by atoms with Crippen molar-refractivity contribution in [2.45, 2.75) is 26.8 Å². The number of aromatic nitrogens is 1. The van der Waals surface area contributed by atoms with Gasteiger partial charge in [-0.15, -0.1) is 11.3 Å². The van der Waals surface area contributed by atoms with E-state index in [1.54, 1.807) is 11.3 Å². The van der Waals surface area contributed by atoms with Crippen molar-refractivity contribution in [1.82, 2.24) is 4.98 Å². The van der Waals surface area contributed by atoms with Crippen molar-refractivity contribution in [1.29, 1.82) is 0 Å². The molecule has 6 heteroatoms. The molecule has 1 unspecified atom stereocenters. The lowest BCUT2D eigenvalue weighted by Gasteiger charge is -2.21. The smallest absolute Gasteiger partial charge is 0.185 e. The van der Waals surface area contributed by atoms with Crippen molar-refractivity contribution in [2.24, 2.45) is 5.73 Å². The molecule has 0 aromatic carbocycles. The van der Waals surface area contributed by atoms with Crippen molar-refractivity contribution in [3.8, 4) is 0 Å². The Morgan fingerprint density at radius 3 is 2.26 bits per heavy atom. The Morgan fingerprint density at radius 2 is 1.84 bits per heavy atom. The van der Waals surface area contributed by atoms with Crippen LogP contribution in [-0.4, -0.2) is 44.5 Å². The maximum absolute atomic E-state index is 5.85. The van der Waals surface area contributed by atoms with Crippen LogP contribution in [0.3, 0.4) is 0 Å². The van der Waals surface area contributed by atoms with Crippen molar-refractivity contribution >= 4 is 16.5 Å². The average Bonchev–Trinajstić information content (AvgIpc) is 2.87. The minimum absolute atomic E-state index is 0.0226. The summed E-state index contributed by atoms with van der Waals surface area (Å²) in [5.41, 5.74) is 6.79. The van der Waals surface area contributed by atoms with Gasteiger partial charge in [0.2, 0.25) is 0 Å². The molecule has 110 valence electrons. The number of thiazole rings is 1. The minimum Gasteiger partial charge on any atom is -0.380 e. The second-order valence-electron chi connectivity index (χ2n) is 4.22. The fourth-order valence-electron chi connectivity index (χ4n) is 1.57. The van der Waals surface area contributed by atoms with Gasteiger partial charge in [-0.05, 0) is 20.8 Å². The van der Waals surface area contributed by atoms with E-state index < -0.39 is 0 Å². The molecule has 1 heterocycles. The molecule has 2 N–H and O–H groups in total. The Morgan fingerprint density at radius 1 is 1.26 bits per heavy atom. The third-order valence-electron chi connectivity index (χ3n) is 2.67. The van der Waals surface area contributed by atoms with Crippen LogP contribution in [0, 0.1) is 0 Å². The summed E-state index contributed by atoms with van der Waals surface area (Å²) in [5.74, 6) is 0. The summed E-state index contributed by atoms with van der Waals surface area (Å²) in [6.45, 7) is 10.5. The molecule has 0 saturated carbocycles. The van der Waals surface area contributed by atoms with Gasteiger partial charge in [-0.25, -0.2) is 4.98 Å². The first-order valence-corrected chi connectivity index (χ1v) is 7.68. The molecule has 0 fully saturated rings. The fraction of sp³-hybridized carbons (Fsp3) is 0.769. The molecule has 1 aromatic rings. The summed E-state index contributed by atoms with van der Waals surface area (Å²) in [7, 11) is 0. The highest BCUT2D eigenvalue weighted by Gasteiger charge is 2.12. The largest absolute Gasteiger partial charge is 0.380 e. The lowest BCUT2D eigenvalue weighted by Crippen LogP contribution is -2.31. The Labute approximate surface area is 119 Å². The number of hydrogen-bond acceptors (Lipinski definition) is 6. The van der Waals surface area contributed by atoms with Crippen LogP contribution in [0.15, 0.2) is 5.38 Å². The van der Waals surface area contributed by atoms with Crippen molar-refractivity contribution in [2.75, 3.05) is 44.4 Å². The van der Waals surface area contributed by atoms with E-state index in [9.17, 15) is 0 Å². The van der Waals surface area contributed by atoms with Gasteiger partial charge in [0.05, 0.1) is 18.9 Å². The topological polar surface area (TPSA) is 60.6 Å². The number of rotatable bonds is 10. The van der Waals surface area contributed by atoms with E-state index in [-0.39, 0.29) is 6.04 Å². The fourth-order valence-corrected chi connectivity index (χ4v) is 2.56. The lowest BCUT2D eigenvalue weighted by molar-refractivity contribution is 0.141. The van der Waals surface area contributed by atoms with Crippen LogP contribution in [0.2, 0.25) is 0 Å². The summed E-state index contributed by atoms with van der Waals surface area (Å²) in [6, 6.07) is -0.0226. The SMILES string of the molecule is CCOCCN(CCOCC)c1nc(C(C)N)cs1. The first kappa shape index (κ1) is 16.4. The van der Waals surface area contributed by atoms with Crippen LogP contribution >= 0.6 is 11.3 Å². The van der Waals surface area contributed by atoms with Gasteiger partial charge in [-0.3, -0.25) is 0 Å². The molecule has 5 nitrogen and oxygen atoms in total. The number of ether oxygens (including phenoxy) is 2. The molecule has 0 bridgehead atoms. The molecule has 0 aliphatic rings. The van der Waals surface area contributed by atoms with Crippen LogP contribution in [-0.2, 0) is 9.47 Å². The molecule has 0 spiro atoms. The predicted molar refractivity (Wildman–Crippen MR) is 79.9 cm³/mol. The average molecular weight is 287 g/mol. The van der Waals surface area contributed by atoms with E-state index in [1.165, 1.54) is 0 Å². The zero-order valence-electron chi connectivity index (χ0n) is 12.1. The molecule has 1 rings (SSSR count). The van der Waals surface area contributed by atoms with Gasteiger partial charge in [0.1, 0.15) is 0 Å². The molecule has 19 heavy (non-hydrogen) atoms. The van der Waals surface area contributed by atoms with Crippen molar-refractivity contribution < 1.29 is 9.47 Å². The van der Waals surface area contributed by atoms with Gasteiger partial charge in [0, 0.05) is 37.7 Å². The summed E-state index contributed by atoms with van der Waals surface area (Å²) >= 11 is 1.63.